The van der Waals surface area contributed by atoms with Crippen molar-refractivity contribution < 1.29 is 4.79 Å². The second-order valence-electron chi connectivity index (χ2n) is 6.02. The molecule has 116 valence electrons. The molecule has 0 unspecified atom stereocenters. The second kappa shape index (κ2) is 5.91. The van der Waals surface area contributed by atoms with E-state index in [1.54, 1.807) is 12.4 Å². The molecular formula is C17H22N4O. The number of aromatic nitrogens is 3. The number of hydrogen-bond acceptors (Lipinski definition) is 3. The summed E-state index contributed by atoms with van der Waals surface area (Å²) in [7, 11) is 0. The summed E-state index contributed by atoms with van der Waals surface area (Å²) >= 11 is 0. The third-order valence-electron chi connectivity index (χ3n) is 4.40. The van der Waals surface area contributed by atoms with Gasteiger partial charge in [0.25, 0.3) is 0 Å². The molecule has 0 bridgehead atoms. The van der Waals surface area contributed by atoms with Gasteiger partial charge in [0, 0.05) is 24.6 Å². The fourth-order valence-corrected chi connectivity index (χ4v) is 3.35. The number of carbonyl (C=O) groups is 1. The molecule has 1 fully saturated rings. The highest BCUT2D eigenvalue weighted by Crippen LogP contribution is 2.33. The Balaban J connectivity index is 1.83. The highest BCUT2D eigenvalue weighted by atomic mass is 16.2. The monoisotopic (exact) mass is 298 g/mol. The molecule has 0 spiro atoms. The Morgan fingerprint density at radius 2 is 2.05 bits per heavy atom. The molecule has 5 nitrogen and oxygen atoms in total. The number of amides is 1. The van der Waals surface area contributed by atoms with E-state index in [9.17, 15) is 4.79 Å². The van der Waals surface area contributed by atoms with E-state index < -0.39 is 0 Å². The molecule has 1 saturated heterocycles. The van der Waals surface area contributed by atoms with Gasteiger partial charge in [-0.25, -0.2) is 0 Å². The van der Waals surface area contributed by atoms with Crippen LogP contribution in [-0.4, -0.2) is 32.1 Å². The van der Waals surface area contributed by atoms with Crippen LogP contribution in [0.25, 0.3) is 0 Å². The van der Waals surface area contributed by atoms with Crippen LogP contribution < -0.4 is 0 Å². The van der Waals surface area contributed by atoms with Crippen molar-refractivity contribution in [3.05, 3.63) is 47.5 Å². The molecule has 2 aromatic rings. The van der Waals surface area contributed by atoms with Gasteiger partial charge in [0.05, 0.1) is 11.7 Å². The molecule has 1 amide bonds. The predicted octanol–water partition coefficient (Wildman–Crippen LogP) is 2.82. The smallest absolute Gasteiger partial charge is 0.247 e. The van der Waals surface area contributed by atoms with Crippen LogP contribution in [0.15, 0.2) is 30.6 Å². The number of carbonyl (C=O) groups excluding carboxylic acids is 1. The Morgan fingerprint density at radius 1 is 1.32 bits per heavy atom. The lowest BCUT2D eigenvalue weighted by atomic mass is 10.1. The Morgan fingerprint density at radius 3 is 2.68 bits per heavy atom. The van der Waals surface area contributed by atoms with Gasteiger partial charge in [0.1, 0.15) is 6.04 Å². The molecular weight excluding hydrogens is 276 g/mol. The maximum Gasteiger partial charge on any atom is 0.247 e. The topological polar surface area (TPSA) is 51.0 Å². The molecule has 1 aliphatic heterocycles. The van der Waals surface area contributed by atoms with Crippen LogP contribution in [0.1, 0.15) is 48.8 Å². The van der Waals surface area contributed by atoms with Crippen molar-refractivity contribution in [1.82, 2.24) is 19.7 Å². The summed E-state index contributed by atoms with van der Waals surface area (Å²) in [6, 6.07) is 5.91. The molecule has 2 aromatic heterocycles. The van der Waals surface area contributed by atoms with Gasteiger partial charge < -0.3 is 4.90 Å². The molecule has 1 aliphatic rings. The first-order valence-corrected chi connectivity index (χ1v) is 7.81. The van der Waals surface area contributed by atoms with E-state index in [0.29, 0.717) is 0 Å². The average molecular weight is 298 g/mol. The molecule has 0 aromatic carbocycles. The van der Waals surface area contributed by atoms with E-state index in [1.807, 2.05) is 48.6 Å². The molecule has 22 heavy (non-hydrogen) atoms. The number of aryl methyl sites for hydroxylation is 2. The molecule has 2 atom stereocenters. The lowest BCUT2D eigenvalue weighted by molar-refractivity contribution is -0.135. The van der Waals surface area contributed by atoms with Crippen molar-refractivity contribution in [2.45, 2.75) is 45.7 Å². The minimum atomic E-state index is -0.267. The van der Waals surface area contributed by atoms with Crippen LogP contribution in [0, 0.1) is 13.8 Å². The van der Waals surface area contributed by atoms with Crippen LogP contribution >= 0.6 is 0 Å². The standard InChI is InChI=1S/C17H22N4O/c1-12-11-13(2)21(19-12)14(3)17(22)20-10-4-5-16(20)15-6-8-18-9-7-15/h6-9,11,14,16H,4-5,10H2,1-3H3/t14-,16-/m0/s1. The molecule has 3 heterocycles. The quantitative estimate of drug-likeness (QED) is 0.875. The van der Waals surface area contributed by atoms with Crippen molar-refractivity contribution in [1.29, 1.82) is 0 Å². The van der Waals surface area contributed by atoms with Gasteiger partial charge in [-0.05, 0) is 57.4 Å². The zero-order valence-electron chi connectivity index (χ0n) is 13.4. The summed E-state index contributed by atoms with van der Waals surface area (Å²) in [5.41, 5.74) is 3.14. The zero-order valence-corrected chi connectivity index (χ0v) is 13.4. The summed E-state index contributed by atoms with van der Waals surface area (Å²) in [5, 5.41) is 4.46. The van der Waals surface area contributed by atoms with E-state index in [1.165, 1.54) is 5.56 Å². The van der Waals surface area contributed by atoms with Gasteiger partial charge >= 0.3 is 0 Å². The van der Waals surface area contributed by atoms with E-state index in [-0.39, 0.29) is 18.0 Å². The normalized spacial score (nSPS) is 19.4. The highest BCUT2D eigenvalue weighted by Gasteiger charge is 2.33. The van der Waals surface area contributed by atoms with Crippen LogP contribution in [0.3, 0.4) is 0 Å². The Hall–Kier alpha value is -2.17. The summed E-state index contributed by atoms with van der Waals surface area (Å²) < 4.78 is 1.83. The van der Waals surface area contributed by atoms with Crippen LogP contribution in [0.4, 0.5) is 0 Å². The number of rotatable bonds is 3. The summed E-state index contributed by atoms with van der Waals surface area (Å²) in [4.78, 5) is 19.0. The SMILES string of the molecule is Cc1cc(C)n([C@@H](C)C(=O)N2CCC[C@H]2c2ccncc2)n1. The number of likely N-dealkylation sites (tertiary alicyclic amines) is 1. The second-order valence-corrected chi connectivity index (χ2v) is 6.02. The molecule has 0 saturated carbocycles. The van der Waals surface area contributed by atoms with Gasteiger partial charge in [-0.1, -0.05) is 0 Å². The molecule has 0 aliphatic carbocycles. The first-order valence-electron chi connectivity index (χ1n) is 7.81. The van der Waals surface area contributed by atoms with Crippen LogP contribution in [-0.2, 0) is 4.79 Å². The fourth-order valence-electron chi connectivity index (χ4n) is 3.35. The third kappa shape index (κ3) is 2.63. The van der Waals surface area contributed by atoms with E-state index >= 15 is 0 Å². The fraction of sp³-hybridized carbons (Fsp3) is 0.471. The zero-order chi connectivity index (χ0) is 15.7. The lowest BCUT2D eigenvalue weighted by Crippen LogP contribution is -2.36. The van der Waals surface area contributed by atoms with E-state index in [2.05, 4.69) is 10.1 Å². The summed E-state index contributed by atoms with van der Waals surface area (Å²) in [5.74, 6) is 0.144. The van der Waals surface area contributed by atoms with Crippen LogP contribution in [0.5, 0.6) is 0 Å². The van der Waals surface area contributed by atoms with Crippen molar-refractivity contribution in [2.24, 2.45) is 0 Å². The minimum absolute atomic E-state index is 0.144. The Labute approximate surface area is 131 Å². The molecule has 5 heteroatoms. The Bertz CT molecular complexity index is 665. The first-order chi connectivity index (χ1) is 10.6. The summed E-state index contributed by atoms with van der Waals surface area (Å²) in [6.07, 6.45) is 5.64. The van der Waals surface area contributed by atoms with Gasteiger partial charge in [0.2, 0.25) is 5.91 Å². The molecule has 3 rings (SSSR count). The van der Waals surface area contributed by atoms with Gasteiger partial charge in [-0.3, -0.25) is 14.5 Å². The average Bonchev–Trinajstić information content (AvgIpc) is 3.13. The molecule has 0 N–H and O–H groups in total. The van der Waals surface area contributed by atoms with Gasteiger partial charge in [-0.15, -0.1) is 0 Å². The number of pyridine rings is 1. The maximum atomic E-state index is 12.9. The number of nitrogens with zero attached hydrogens (tertiary/aromatic N) is 4. The highest BCUT2D eigenvalue weighted by molar-refractivity contribution is 5.80. The summed E-state index contributed by atoms with van der Waals surface area (Å²) in [6.45, 7) is 6.70. The lowest BCUT2D eigenvalue weighted by Gasteiger charge is -2.28. The van der Waals surface area contributed by atoms with Crippen LogP contribution in [0.2, 0.25) is 0 Å². The largest absolute Gasteiger partial charge is 0.334 e. The van der Waals surface area contributed by atoms with Gasteiger partial charge in [0.15, 0.2) is 0 Å². The van der Waals surface area contributed by atoms with Crippen molar-refractivity contribution >= 4 is 5.91 Å². The van der Waals surface area contributed by atoms with Crippen molar-refractivity contribution in [3.8, 4) is 0 Å². The van der Waals surface area contributed by atoms with Crippen molar-refractivity contribution in [3.63, 3.8) is 0 Å². The minimum Gasteiger partial charge on any atom is -0.334 e. The predicted molar refractivity (Wildman–Crippen MR) is 84.3 cm³/mol. The van der Waals surface area contributed by atoms with Crippen molar-refractivity contribution in [2.75, 3.05) is 6.54 Å². The Kier molecular flexibility index (Phi) is 3.96. The molecule has 0 radical (unpaired) electrons. The van der Waals surface area contributed by atoms with Gasteiger partial charge in [-0.2, -0.15) is 5.10 Å². The third-order valence-corrected chi connectivity index (χ3v) is 4.40. The number of hydrogen-bond donors (Lipinski definition) is 0. The van der Waals surface area contributed by atoms with E-state index in [0.717, 1.165) is 30.8 Å². The first kappa shape index (κ1) is 14.8. The maximum absolute atomic E-state index is 12.9. The van der Waals surface area contributed by atoms with E-state index in [4.69, 9.17) is 0 Å².